The first-order chi connectivity index (χ1) is 9.15. The van der Waals surface area contributed by atoms with Gasteiger partial charge in [-0.1, -0.05) is 5.16 Å². The molecule has 0 unspecified atom stereocenters. The molecule has 1 amide bonds. The van der Waals surface area contributed by atoms with Crippen molar-refractivity contribution >= 4 is 11.6 Å². The van der Waals surface area contributed by atoms with E-state index in [2.05, 4.69) is 15.5 Å². The van der Waals surface area contributed by atoms with Crippen molar-refractivity contribution in [2.75, 3.05) is 5.32 Å². The Morgan fingerprint density at radius 3 is 2.95 bits per heavy atom. The molecule has 0 bridgehead atoms. The van der Waals surface area contributed by atoms with Crippen LogP contribution in [0.3, 0.4) is 0 Å². The highest BCUT2D eigenvalue weighted by Gasteiger charge is 2.32. The molecule has 6 heteroatoms. The minimum absolute atomic E-state index is 0.169. The average molecular weight is 261 g/mol. The van der Waals surface area contributed by atoms with E-state index in [4.69, 9.17) is 4.52 Å². The quantitative estimate of drug-likeness (QED) is 0.922. The first kappa shape index (κ1) is 11.8. The summed E-state index contributed by atoms with van der Waals surface area (Å²) in [7, 11) is 0. The smallest absolute Gasteiger partial charge is 0.257 e. The van der Waals surface area contributed by atoms with E-state index in [1.807, 2.05) is 0 Å². The molecule has 0 atom stereocenters. The number of aromatic nitrogens is 2. The fourth-order valence-corrected chi connectivity index (χ4v) is 1.89. The molecule has 5 nitrogen and oxygen atoms in total. The number of rotatable bonds is 3. The third-order valence-electron chi connectivity index (χ3n) is 3.04. The molecule has 2 heterocycles. The van der Waals surface area contributed by atoms with Crippen molar-refractivity contribution in [3.8, 4) is 0 Å². The van der Waals surface area contributed by atoms with Gasteiger partial charge in [0.05, 0.1) is 11.8 Å². The summed E-state index contributed by atoms with van der Waals surface area (Å²) in [4.78, 5) is 15.7. The van der Waals surface area contributed by atoms with Gasteiger partial charge in [0.1, 0.15) is 17.2 Å². The molecular weight excluding hydrogens is 249 g/mol. The van der Waals surface area contributed by atoms with Crippen LogP contribution < -0.4 is 5.32 Å². The van der Waals surface area contributed by atoms with Gasteiger partial charge in [0.2, 0.25) is 0 Å². The van der Waals surface area contributed by atoms with Gasteiger partial charge in [0, 0.05) is 12.1 Å². The second-order valence-electron chi connectivity index (χ2n) is 4.63. The molecule has 0 spiro atoms. The van der Waals surface area contributed by atoms with E-state index in [1.54, 1.807) is 6.92 Å². The van der Waals surface area contributed by atoms with Crippen LogP contribution in [0.25, 0.3) is 0 Å². The van der Waals surface area contributed by atoms with Crippen molar-refractivity contribution in [3.05, 3.63) is 41.3 Å². The number of aryl methyl sites for hydroxylation is 1. The summed E-state index contributed by atoms with van der Waals surface area (Å²) in [5, 5.41) is 6.58. The second-order valence-corrected chi connectivity index (χ2v) is 4.63. The Balaban J connectivity index is 1.85. The van der Waals surface area contributed by atoms with Gasteiger partial charge in [-0.05, 0) is 25.8 Å². The average Bonchev–Trinajstić information content (AvgIpc) is 3.16. The predicted octanol–water partition coefficient (Wildman–Crippen LogP) is 2.65. The van der Waals surface area contributed by atoms with Crippen LogP contribution >= 0.6 is 0 Å². The zero-order valence-electron chi connectivity index (χ0n) is 10.3. The number of halogens is 1. The molecule has 1 aliphatic carbocycles. The van der Waals surface area contributed by atoms with E-state index in [9.17, 15) is 9.18 Å². The molecule has 0 aromatic carbocycles. The number of nitrogens with one attached hydrogen (secondary N) is 1. The van der Waals surface area contributed by atoms with Gasteiger partial charge < -0.3 is 9.84 Å². The van der Waals surface area contributed by atoms with E-state index in [0.717, 1.165) is 25.1 Å². The highest BCUT2D eigenvalue weighted by atomic mass is 19.1. The normalized spacial score (nSPS) is 14.4. The molecule has 2 aromatic rings. The first-order valence-corrected chi connectivity index (χ1v) is 6.03. The van der Waals surface area contributed by atoms with Crippen LogP contribution in [0.5, 0.6) is 0 Å². The Hall–Kier alpha value is -2.24. The zero-order chi connectivity index (χ0) is 13.4. The maximum Gasteiger partial charge on any atom is 0.257 e. The molecule has 1 saturated carbocycles. The first-order valence-electron chi connectivity index (χ1n) is 6.03. The van der Waals surface area contributed by atoms with Crippen LogP contribution in [0.1, 0.15) is 40.6 Å². The number of carbonyl (C=O) groups is 1. The number of hydrogen-bond donors (Lipinski definition) is 1. The van der Waals surface area contributed by atoms with Crippen LogP contribution in [0, 0.1) is 12.7 Å². The molecule has 0 saturated heterocycles. The maximum absolute atomic E-state index is 13.0. The van der Waals surface area contributed by atoms with E-state index in [-0.39, 0.29) is 5.56 Å². The zero-order valence-corrected chi connectivity index (χ0v) is 10.3. The molecule has 0 radical (unpaired) electrons. The van der Waals surface area contributed by atoms with Crippen LogP contribution in [0.2, 0.25) is 0 Å². The maximum atomic E-state index is 13.0. The second kappa shape index (κ2) is 4.46. The third-order valence-corrected chi connectivity index (χ3v) is 3.04. The predicted molar refractivity (Wildman–Crippen MR) is 65.4 cm³/mol. The van der Waals surface area contributed by atoms with Gasteiger partial charge in [-0.3, -0.25) is 9.78 Å². The Morgan fingerprint density at radius 1 is 1.47 bits per heavy atom. The number of pyridine rings is 1. The van der Waals surface area contributed by atoms with Gasteiger partial charge in [0.15, 0.2) is 5.76 Å². The van der Waals surface area contributed by atoms with Crippen LogP contribution in [0.4, 0.5) is 10.1 Å². The Bertz CT molecular complexity index is 635. The van der Waals surface area contributed by atoms with Crippen LogP contribution in [-0.2, 0) is 0 Å². The molecule has 1 aliphatic rings. The summed E-state index contributed by atoms with van der Waals surface area (Å²) in [5.41, 5.74) is 1.39. The lowest BCUT2D eigenvalue weighted by Gasteiger charge is -2.05. The summed E-state index contributed by atoms with van der Waals surface area (Å²) in [6.07, 6.45) is 4.45. The molecular formula is C13H12FN3O2. The number of carbonyl (C=O) groups excluding carboxylic acids is 1. The van der Waals surface area contributed by atoms with Gasteiger partial charge in [-0.2, -0.15) is 0 Å². The topological polar surface area (TPSA) is 68.0 Å². The minimum atomic E-state index is -0.544. The van der Waals surface area contributed by atoms with Crippen molar-refractivity contribution in [1.82, 2.24) is 10.1 Å². The van der Waals surface area contributed by atoms with E-state index >= 15 is 0 Å². The summed E-state index contributed by atoms with van der Waals surface area (Å²) in [6, 6.07) is 1.14. The Kier molecular flexibility index (Phi) is 2.77. The molecule has 1 fully saturated rings. The number of anilines is 1. The lowest BCUT2D eigenvalue weighted by atomic mass is 10.2. The van der Waals surface area contributed by atoms with Gasteiger partial charge >= 0.3 is 0 Å². The van der Waals surface area contributed by atoms with Crippen molar-refractivity contribution in [1.29, 1.82) is 0 Å². The number of amides is 1. The summed E-state index contributed by atoms with van der Waals surface area (Å²) >= 11 is 0. The summed E-state index contributed by atoms with van der Waals surface area (Å²) in [5.74, 6) is 0.0784. The monoisotopic (exact) mass is 261 g/mol. The molecule has 1 N–H and O–H groups in total. The van der Waals surface area contributed by atoms with Crippen molar-refractivity contribution in [2.24, 2.45) is 0 Å². The number of hydrogen-bond acceptors (Lipinski definition) is 4. The summed E-state index contributed by atoms with van der Waals surface area (Å²) in [6.45, 7) is 1.76. The van der Waals surface area contributed by atoms with Gasteiger partial charge in [-0.15, -0.1) is 0 Å². The fourth-order valence-electron chi connectivity index (χ4n) is 1.89. The highest BCUT2D eigenvalue weighted by molar-refractivity contribution is 6.04. The fraction of sp³-hybridized carbons (Fsp3) is 0.308. The van der Waals surface area contributed by atoms with Crippen LogP contribution in [0.15, 0.2) is 23.0 Å². The van der Waals surface area contributed by atoms with E-state index in [0.29, 0.717) is 23.1 Å². The number of nitrogens with zero attached hydrogens (tertiary/aromatic N) is 2. The third kappa shape index (κ3) is 2.33. The van der Waals surface area contributed by atoms with Crippen molar-refractivity contribution < 1.29 is 13.7 Å². The Morgan fingerprint density at radius 2 is 2.26 bits per heavy atom. The minimum Gasteiger partial charge on any atom is -0.359 e. The van der Waals surface area contributed by atoms with Crippen LogP contribution in [-0.4, -0.2) is 16.0 Å². The van der Waals surface area contributed by atoms with E-state index < -0.39 is 11.7 Å². The molecule has 2 aromatic heterocycles. The lowest BCUT2D eigenvalue weighted by molar-refractivity contribution is 0.102. The van der Waals surface area contributed by atoms with Crippen molar-refractivity contribution in [3.63, 3.8) is 0 Å². The highest BCUT2D eigenvalue weighted by Crippen LogP contribution is 2.44. The summed E-state index contributed by atoms with van der Waals surface area (Å²) < 4.78 is 18.3. The largest absolute Gasteiger partial charge is 0.359 e. The van der Waals surface area contributed by atoms with E-state index in [1.165, 1.54) is 6.20 Å². The molecule has 98 valence electrons. The van der Waals surface area contributed by atoms with Crippen molar-refractivity contribution in [2.45, 2.75) is 25.7 Å². The lowest BCUT2D eigenvalue weighted by Crippen LogP contribution is -2.13. The molecule has 19 heavy (non-hydrogen) atoms. The molecule has 3 rings (SSSR count). The van der Waals surface area contributed by atoms with Gasteiger partial charge in [0.25, 0.3) is 5.91 Å². The molecule has 0 aliphatic heterocycles. The standard InChI is InChI=1S/C13H12FN3O2/c1-7-11(12(19-17-7)8-2-3-8)16-13(18)9-4-10(14)6-15-5-9/h4-6,8H,2-3H2,1H3,(H,16,18). The Labute approximate surface area is 108 Å². The van der Waals surface area contributed by atoms with Gasteiger partial charge in [-0.25, -0.2) is 4.39 Å². The SMILES string of the molecule is Cc1noc(C2CC2)c1NC(=O)c1cncc(F)c1.